The lowest BCUT2D eigenvalue weighted by Crippen LogP contribution is -2.53. The van der Waals surface area contributed by atoms with Crippen molar-refractivity contribution in [1.29, 1.82) is 0 Å². The minimum absolute atomic E-state index is 0.356. The lowest BCUT2D eigenvalue weighted by molar-refractivity contribution is -0.0525. The molecular weight excluding hydrogens is 288 g/mol. The monoisotopic (exact) mass is 318 g/mol. The number of morpholine rings is 1. The Morgan fingerprint density at radius 3 is 2.70 bits per heavy atom. The van der Waals surface area contributed by atoms with Gasteiger partial charge in [0, 0.05) is 58.1 Å². The van der Waals surface area contributed by atoms with Gasteiger partial charge in [-0.15, -0.1) is 0 Å². The van der Waals surface area contributed by atoms with Gasteiger partial charge in [-0.05, 0) is 38.5 Å². The van der Waals surface area contributed by atoms with Gasteiger partial charge in [-0.25, -0.2) is 4.98 Å². The van der Waals surface area contributed by atoms with Crippen LogP contribution in [0.25, 0.3) is 0 Å². The van der Waals surface area contributed by atoms with Crippen LogP contribution in [0.15, 0.2) is 18.3 Å². The highest BCUT2D eigenvalue weighted by atomic mass is 16.5. The summed E-state index contributed by atoms with van der Waals surface area (Å²) in [6.07, 6.45) is 2.27. The van der Waals surface area contributed by atoms with Crippen molar-refractivity contribution in [3.05, 3.63) is 23.9 Å². The maximum atomic E-state index is 5.98. The minimum Gasteiger partial charge on any atom is -0.374 e. The number of anilines is 1. The predicted molar refractivity (Wildman–Crippen MR) is 94.1 cm³/mol. The molecule has 1 aromatic rings. The molecule has 0 saturated carbocycles. The molecule has 0 aromatic carbocycles. The number of hydrogen-bond acceptors (Lipinski definition) is 5. The van der Waals surface area contributed by atoms with Crippen LogP contribution in [0.4, 0.5) is 5.82 Å². The van der Waals surface area contributed by atoms with Crippen molar-refractivity contribution >= 4 is 5.82 Å². The molecule has 2 saturated heterocycles. The Kier molecular flexibility index (Phi) is 5.51. The average Bonchev–Trinajstić information content (AvgIpc) is 2.56. The van der Waals surface area contributed by atoms with E-state index < -0.39 is 0 Å². The van der Waals surface area contributed by atoms with Crippen LogP contribution in [-0.2, 0) is 4.74 Å². The molecule has 23 heavy (non-hydrogen) atoms. The molecule has 5 heteroatoms. The first-order valence-electron chi connectivity index (χ1n) is 8.87. The predicted octanol–water partition coefficient (Wildman–Crippen LogP) is 1.62. The molecule has 0 bridgehead atoms. The number of nitrogens with zero attached hydrogens (tertiary/aromatic N) is 4. The number of ether oxygens (including phenoxy) is 1. The Morgan fingerprint density at radius 2 is 2.00 bits per heavy atom. The summed E-state index contributed by atoms with van der Waals surface area (Å²) in [4.78, 5) is 12.0. The number of hydrogen-bond donors (Lipinski definition) is 0. The van der Waals surface area contributed by atoms with Crippen molar-refractivity contribution in [2.24, 2.45) is 0 Å². The summed E-state index contributed by atoms with van der Waals surface area (Å²) in [5.74, 6) is 1.12. The van der Waals surface area contributed by atoms with Crippen molar-refractivity contribution in [3.63, 3.8) is 0 Å². The lowest BCUT2D eigenvalue weighted by Gasteiger charge is -2.40. The van der Waals surface area contributed by atoms with E-state index in [1.54, 1.807) is 0 Å². The Hall–Kier alpha value is -1.17. The second kappa shape index (κ2) is 7.60. The quantitative estimate of drug-likeness (QED) is 0.842. The molecule has 1 atom stereocenters. The average molecular weight is 318 g/mol. The van der Waals surface area contributed by atoms with Crippen LogP contribution < -0.4 is 4.90 Å². The van der Waals surface area contributed by atoms with E-state index in [1.165, 1.54) is 5.56 Å². The SMILES string of the molecule is Cc1ccnc(N2CCN(C[C@H]3CN(C(C)C)CCO3)CC2)c1. The zero-order valence-electron chi connectivity index (χ0n) is 14.7. The highest BCUT2D eigenvalue weighted by Gasteiger charge is 2.26. The second-order valence-electron chi connectivity index (χ2n) is 7.06. The van der Waals surface area contributed by atoms with Gasteiger partial charge in [-0.1, -0.05) is 0 Å². The van der Waals surface area contributed by atoms with Crippen LogP contribution >= 0.6 is 0 Å². The van der Waals surface area contributed by atoms with Crippen LogP contribution in [0.5, 0.6) is 0 Å². The first kappa shape index (κ1) is 16.7. The third-order valence-corrected chi connectivity index (χ3v) is 4.96. The number of aromatic nitrogens is 1. The molecule has 128 valence electrons. The molecule has 0 N–H and O–H groups in total. The van der Waals surface area contributed by atoms with E-state index >= 15 is 0 Å². The van der Waals surface area contributed by atoms with Gasteiger partial charge in [0.1, 0.15) is 5.82 Å². The van der Waals surface area contributed by atoms with Crippen LogP contribution in [0.1, 0.15) is 19.4 Å². The van der Waals surface area contributed by atoms with E-state index in [4.69, 9.17) is 4.74 Å². The van der Waals surface area contributed by atoms with Crippen LogP contribution in [-0.4, -0.2) is 79.3 Å². The Labute approximate surface area is 140 Å². The fourth-order valence-corrected chi connectivity index (χ4v) is 3.46. The fraction of sp³-hybridized carbons (Fsp3) is 0.722. The zero-order valence-corrected chi connectivity index (χ0v) is 14.7. The molecule has 3 heterocycles. The van der Waals surface area contributed by atoms with Gasteiger partial charge in [-0.2, -0.15) is 0 Å². The molecule has 1 aromatic heterocycles. The summed E-state index contributed by atoms with van der Waals surface area (Å²) < 4.78 is 5.98. The van der Waals surface area contributed by atoms with Crippen molar-refractivity contribution in [2.75, 3.05) is 57.3 Å². The number of pyridine rings is 1. The van der Waals surface area contributed by atoms with Gasteiger partial charge in [-0.3, -0.25) is 9.80 Å². The van der Waals surface area contributed by atoms with Crippen LogP contribution in [0.2, 0.25) is 0 Å². The maximum absolute atomic E-state index is 5.98. The largest absolute Gasteiger partial charge is 0.374 e. The molecule has 2 aliphatic heterocycles. The van der Waals surface area contributed by atoms with Gasteiger partial charge >= 0.3 is 0 Å². The molecular formula is C18H30N4O. The van der Waals surface area contributed by atoms with Gasteiger partial charge in [0.2, 0.25) is 0 Å². The molecule has 0 radical (unpaired) electrons. The summed E-state index contributed by atoms with van der Waals surface area (Å²) in [7, 11) is 0. The van der Waals surface area contributed by atoms with E-state index in [0.717, 1.165) is 58.2 Å². The zero-order chi connectivity index (χ0) is 16.2. The first-order valence-corrected chi connectivity index (χ1v) is 8.87. The smallest absolute Gasteiger partial charge is 0.128 e. The Bertz CT molecular complexity index is 500. The summed E-state index contributed by atoms with van der Waals surface area (Å²) in [5.41, 5.74) is 1.28. The van der Waals surface area contributed by atoms with E-state index in [2.05, 4.69) is 52.6 Å². The molecule has 0 amide bonds. The number of aryl methyl sites for hydroxylation is 1. The molecule has 0 spiro atoms. The highest BCUT2D eigenvalue weighted by Crippen LogP contribution is 2.16. The highest BCUT2D eigenvalue weighted by molar-refractivity contribution is 5.41. The van der Waals surface area contributed by atoms with Gasteiger partial charge < -0.3 is 9.64 Å². The number of piperazine rings is 1. The normalized spacial score (nSPS) is 24.3. The second-order valence-corrected chi connectivity index (χ2v) is 7.06. The third-order valence-electron chi connectivity index (χ3n) is 4.96. The van der Waals surface area contributed by atoms with E-state index in [1.807, 2.05) is 6.20 Å². The van der Waals surface area contributed by atoms with Gasteiger partial charge in [0.25, 0.3) is 0 Å². The summed E-state index contributed by atoms with van der Waals surface area (Å²) in [6.45, 7) is 15.0. The third kappa shape index (κ3) is 4.43. The van der Waals surface area contributed by atoms with Crippen molar-refractivity contribution in [1.82, 2.24) is 14.8 Å². The van der Waals surface area contributed by atoms with Gasteiger partial charge in [0.15, 0.2) is 0 Å². The Morgan fingerprint density at radius 1 is 1.22 bits per heavy atom. The number of rotatable bonds is 4. The fourth-order valence-electron chi connectivity index (χ4n) is 3.46. The van der Waals surface area contributed by atoms with Crippen LogP contribution in [0.3, 0.4) is 0 Å². The van der Waals surface area contributed by atoms with Crippen molar-refractivity contribution in [3.8, 4) is 0 Å². The Balaban J connectivity index is 1.47. The topological polar surface area (TPSA) is 31.8 Å². The van der Waals surface area contributed by atoms with Crippen molar-refractivity contribution < 1.29 is 4.74 Å². The minimum atomic E-state index is 0.356. The molecule has 2 aliphatic rings. The molecule has 3 rings (SSSR count). The summed E-state index contributed by atoms with van der Waals surface area (Å²) >= 11 is 0. The van der Waals surface area contributed by atoms with Gasteiger partial charge in [0.05, 0.1) is 12.7 Å². The molecule has 2 fully saturated rings. The van der Waals surface area contributed by atoms with E-state index in [9.17, 15) is 0 Å². The van der Waals surface area contributed by atoms with Crippen LogP contribution in [0, 0.1) is 6.92 Å². The molecule has 5 nitrogen and oxygen atoms in total. The van der Waals surface area contributed by atoms with E-state index in [0.29, 0.717) is 12.1 Å². The lowest BCUT2D eigenvalue weighted by atomic mass is 10.2. The van der Waals surface area contributed by atoms with Crippen molar-refractivity contribution in [2.45, 2.75) is 32.9 Å². The maximum Gasteiger partial charge on any atom is 0.128 e. The molecule has 0 aliphatic carbocycles. The molecule has 0 unspecified atom stereocenters. The first-order chi connectivity index (χ1) is 11.1. The standard InChI is InChI=1S/C18H30N4O/c1-15(2)22-10-11-23-17(14-22)13-20-6-8-21(9-7-20)18-12-16(3)4-5-19-18/h4-5,12,15,17H,6-11,13-14H2,1-3H3/t17-/m0/s1. The summed E-state index contributed by atoms with van der Waals surface area (Å²) in [6, 6.07) is 4.85. The van der Waals surface area contributed by atoms with E-state index in [-0.39, 0.29) is 0 Å². The summed E-state index contributed by atoms with van der Waals surface area (Å²) in [5, 5.41) is 0.